The SMILES string of the molecule is Nn1c(SCC(=O)NC2CCCC2)nnc1[C@H]1COc2ccccc2O1. The Morgan fingerprint density at radius 3 is 2.85 bits per heavy atom. The topological polar surface area (TPSA) is 104 Å². The van der Waals surface area contributed by atoms with Crippen LogP contribution in [0.25, 0.3) is 0 Å². The summed E-state index contributed by atoms with van der Waals surface area (Å²) in [5, 5.41) is 11.7. The minimum atomic E-state index is -0.441. The molecule has 0 saturated heterocycles. The number of benzene rings is 1. The summed E-state index contributed by atoms with van der Waals surface area (Å²) < 4.78 is 13.0. The number of nitrogens with zero attached hydrogens (tertiary/aromatic N) is 3. The third-order valence-electron chi connectivity index (χ3n) is 4.54. The summed E-state index contributed by atoms with van der Waals surface area (Å²) in [7, 11) is 0. The average molecular weight is 375 g/mol. The van der Waals surface area contributed by atoms with Gasteiger partial charge in [0.15, 0.2) is 23.4 Å². The maximum atomic E-state index is 12.1. The minimum Gasteiger partial charge on any atom is -0.485 e. The highest BCUT2D eigenvalue weighted by Gasteiger charge is 2.28. The van der Waals surface area contributed by atoms with Crippen LogP contribution in [0.15, 0.2) is 29.4 Å². The molecule has 26 heavy (non-hydrogen) atoms. The summed E-state index contributed by atoms with van der Waals surface area (Å²) in [5.41, 5.74) is 0. The lowest BCUT2D eigenvalue weighted by molar-refractivity contribution is -0.119. The Kier molecular flexibility index (Phi) is 4.87. The summed E-state index contributed by atoms with van der Waals surface area (Å²) in [5.74, 6) is 8.19. The highest BCUT2D eigenvalue weighted by molar-refractivity contribution is 7.99. The predicted molar refractivity (Wildman–Crippen MR) is 96.6 cm³/mol. The van der Waals surface area contributed by atoms with Crippen LogP contribution in [0.5, 0.6) is 11.5 Å². The van der Waals surface area contributed by atoms with Crippen LogP contribution in [-0.4, -0.2) is 39.2 Å². The number of fused-ring (bicyclic) bond motifs is 1. The molecule has 0 unspecified atom stereocenters. The van der Waals surface area contributed by atoms with Crippen LogP contribution in [0.1, 0.15) is 37.6 Å². The van der Waals surface area contributed by atoms with E-state index >= 15 is 0 Å². The van der Waals surface area contributed by atoms with Gasteiger partial charge < -0.3 is 20.6 Å². The summed E-state index contributed by atoms with van der Waals surface area (Å²) in [4.78, 5) is 12.1. The van der Waals surface area contributed by atoms with Crippen LogP contribution in [0, 0.1) is 0 Å². The highest BCUT2D eigenvalue weighted by atomic mass is 32.2. The normalized spacial score (nSPS) is 19.5. The van der Waals surface area contributed by atoms with Crippen molar-refractivity contribution in [3.05, 3.63) is 30.1 Å². The Balaban J connectivity index is 1.36. The maximum absolute atomic E-state index is 12.1. The lowest BCUT2D eigenvalue weighted by Gasteiger charge is -2.25. The van der Waals surface area contributed by atoms with Crippen LogP contribution in [0.2, 0.25) is 0 Å². The molecule has 1 saturated carbocycles. The zero-order valence-corrected chi connectivity index (χ0v) is 15.1. The number of ether oxygens (including phenoxy) is 2. The van der Waals surface area contributed by atoms with E-state index in [9.17, 15) is 4.79 Å². The van der Waals surface area contributed by atoms with E-state index in [1.807, 2.05) is 24.3 Å². The molecular weight excluding hydrogens is 354 g/mol. The van der Waals surface area contributed by atoms with Crippen LogP contribution in [0.4, 0.5) is 0 Å². The smallest absolute Gasteiger partial charge is 0.230 e. The summed E-state index contributed by atoms with van der Waals surface area (Å²) >= 11 is 1.26. The number of amides is 1. The summed E-state index contributed by atoms with van der Waals surface area (Å²) in [6.07, 6.45) is 4.06. The molecule has 2 aromatic rings. The fourth-order valence-corrected chi connectivity index (χ4v) is 3.90. The average Bonchev–Trinajstić information content (AvgIpc) is 3.29. The molecule has 1 fully saturated rings. The Hall–Kier alpha value is -2.42. The molecule has 1 aliphatic heterocycles. The monoisotopic (exact) mass is 375 g/mol. The van der Waals surface area contributed by atoms with Gasteiger partial charge >= 0.3 is 0 Å². The van der Waals surface area contributed by atoms with Gasteiger partial charge in [-0.05, 0) is 25.0 Å². The molecule has 1 aromatic heterocycles. The Bertz CT molecular complexity index is 790. The molecule has 2 heterocycles. The van der Waals surface area contributed by atoms with Crippen LogP contribution in [0.3, 0.4) is 0 Å². The van der Waals surface area contributed by atoms with Gasteiger partial charge in [0.05, 0.1) is 5.75 Å². The van der Waals surface area contributed by atoms with Crippen molar-refractivity contribution in [2.24, 2.45) is 0 Å². The Labute approximate surface area is 155 Å². The first-order valence-electron chi connectivity index (χ1n) is 8.72. The maximum Gasteiger partial charge on any atom is 0.230 e. The molecule has 1 aromatic carbocycles. The third kappa shape index (κ3) is 3.57. The molecule has 0 spiro atoms. The second-order valence-corrected chi connectivity index (χ2v) is 7.36. The zero-order valence-electron chi connectivity index (χ0n) is 14.3. The molecule has 2 aliphatic rings. The number of nitrogen functional groups attached to an aromatic ring is 1. The second-order valence-electron chi connectivity index (χ2n) is 6.41. The van der Waals surface area contributed by atoms with Gasteiger partial charge in [0.25, 0.3) is 0 Å². The van der Waals surface area contributed by atoms with Crippen molar-refractivity contribution in [2.45, 2.75) is 43.0 Å². The second kappa shape index (κ2) is 7.45. The van der Waals surface area contributed by atoms with E-state index in [2.05, 4.69) is 15.5 Å². The lowest BCUT2D eigenvalue weighted by Crippen LogP contribution is -2.34. The number of aromatic nitrogens is 3. The van der Waals surface area contributed by atoms with Crippen LogP contribution in [-0.2, 0) is 4.79 Å². The number of para-hydroxylation sites is 2. The summed E-state index contributed by atoms with van der Waals surface area (Å²) in [6.45, 7) is 0.305. The van der Waals surface area contributed by atoms with E-state index in [0.717, 1.165) is 12.8 Å². The molecule has 1 atom stereocenters. The van der Waals surface area contributed by atoms with E-state index in [0.29, 0.717) is 35.1 Å². The van der Waals surface area contributed by atoms with Gasteiger partial charge in [0, 0.05) is 6.04 Å². The van der Waals surface area contributed by atoms with Crippen molar-refractivity contribution in [2.75, 3.05) is 18.2 Å². The number of hydrogen-bond donors (Lipinski definition) is 2. The molecule has 0 bridgehead atoms. The number of thioether (sulfide) groups is 1. The van der Waals surface area contributed by atoms with Gasteiger partial charge in [0.2, 0.25) is 11.1 Å². The largest absolute Gasteiger partial charge is 0.485 e. The van der Waals surface area contributed by atoms with E-state index in [1.54, 1.807) is 0 Å². The number of carbonyl (C=O) groups excluding carboxylic acids is 1. The molecule has 4 rings (SSSR count). The van der Waals surface area contributed by atoms with Gasteiger partial charge in [-0.3, -0.25) is 4.79 Å². The number of nitrogens with one attached hydrogen (secondary N) is 1. The fourth-order valence-electron chi connectivity index (χ4n) is 3.22. The number of hydrogen-bond acceptors (Lipinski definition) is 7. The quantitative estimate of drug-likeness (QED) is 0.605. The molecule has 0 radical (unpaired) electrons. The van der Waals surface area contributed by atoms with Crippen molar-refractivity contribution in [3.63, 3.8) is 0 Å². The molecule has 1 amide bonds. The van der Waals surface area contributed by atoms with Crippen molar-refractivity contribution in [3.8, 4) is 11.5 Å². The number of nitrogens with two attached hydrogens (primary N) is 1. The van der Waals surface area contributed by atoms with Crippen LogP contribution < -0.4 is 20.6 Å². The highest BCUT2D eigenvalue weighted by Crippen LogP contribution is 2.35. The first-order chi connectivity index (χ1) is 12.7. The first-order valence-corrected chi connectivity index (χ1v) is 9.70. The van der Waals surface area contributed by atoms with Gasteiger partial charge in [-0.1, -0.05) is 36.7 Å². The molecule has 8 nitrogen and oxygen atoms in total. The van der Waals surface area contributed by atoms with E-state index in [-0.39, 0.29) is 11.7 Å². The van der Waals surface area contributed by atoms with Crippen LogP contribution >= 0.6 is 11.8 Å². The molecule has 9 heteroatoms. The van der Waals surface area contributed by atoms with Crippen molar-refractivity contribution in [1.29, 1.82) is 0 Å². The number of rotatable bonds is 5. The van der Waals surface area contributed by atoms with Crippen molar-refractivity contribution in [1.82, 2.24) is 20.2 Å². The lowest BCUT2D eigenvalue weighted by atomic mass is 10.2. The summed E-state index contributed by atoms with van der Waals surface area (Å²) in [6, 6.07) is 7.76. The van der Waals surface area contributed by atoms with Gasteiger partial charge in [0.1, 0.15) is 6.61 Å². The predicted octanol–water partition coefficient (Wildman–Crippen LogP) is 1.66. The van der Waals surface area contributed by atoms with Gasteiger partial charge in [-0.2, -0.15) is 0 Å². The van der Waals surface area contributed by atoms with E-state index < -0.39 is 6.10 Å². The van der Waals surface area contributed by atoms with Gasteiger partial charge in [-0.15, -0.1) is 10.2 Å². The molecule has 138 valence electrons. The first kappa shape index (κ1) is 17.0. The van der Waals surface area contributed by atoms with Crippen molar-refractivity contribution >= 4 is 17.7 Å². The minimum absolute atomic E-state index is 0.00220. The number of carbonyl (C=O) groups is 1. The Morgan fingerprint density at radius 2 is 2.04 bits per heavy atom. The molecule has 3 N–H and O–H groups in total. The molecular formula is C17H21N5O3S. The zero-order chi connectivity index (χ0) is 17.9. The van der Waals surface area contributed by atoms with E-state index in [1.165, 1.54) is 29.3 Å². The Morgan fingerprint density at radius 1 is 1.27 bits per heavy atom. The fraction of sp³-hybridized carbons (Fsp3) is 0.471. The van der Waals surface area contributed by atoms with Gasteiger partial charge in [-0.25, -0.2) is 4.68 Å². The third-order valence-corrected chi connectivity index (χ3v) is 5.48. The standard InChI is InChI=1S/C17H21N5O3S/c18-22-16(14-9-24-12-7-3-4-8-13(12)25-14)20-21-17(22)26-10-15(23)19-11-5-1-2-6-11/h3-4,7-8,11,14H,1-2,5-6,9-10,18H2,(H,19,23)/t14-/m1/s1. The van der Waals surface area contributed by atoms with E-state index in [4.69, 9.17) is 15.3 Å². The molecule has 1 aliphatic carbocycles. The van der Waals surface area contributed by atoms with Crippen molar-refractivity contribution < 1.29 is 14.3 Å².